The van der Waals surface area contributed by atoms with E-state index in [0.29, 0.717) is 27.9 Å². The van der Waals surface area contributed by atoms with Crippen molar-refractivity contribution in [2.45, 2.75) is 29.8 Å². The Morgan fingerprint density at radius 1 is 1.15 bits per heavy atom. The Labute approximate surface area is 194 Å². The molecule has 170 valence electrons. The van der Waals surface area contributed by atoms with Crippen molar-refractivity contribution in [1.82, 2.24) is 19.2 Å². The lowest BCUT2D eigenvalue weighted by atomic mass is 10.2. The third-order valence-corrected chi connectivity index (χ3v) is 6.10. The zero-order chi connectivity index (χ0) is 23.4. The second-order valence-corrected chi connectivity index (χ2v) is 8.07. The third-order valence-electron chi connectivity index (χ3n) is 5.00. The zero-order valence-corrected chi connectivity index (χ0v) is 19.3. The van der Waals surface area contributed by atoms with Crippen LogP contribution in [0.1, 0.15) is 12.5 Å². The van der Waals surface area contributed by atoms with Crippen molar-refractivity contribution in [3.8, 4) is 11.5 Å². The van der Waals surface area contributed by atoms with Crippen LogP contribution in [0.3, 0.4) is 0 Å². The highest BCUT2D eigenvalue weighted by atomic mass is 32.2. The summed E-state index contributed by atoms with van der Waals surface area (Å²) in [5.41, 5.74) is 1.59. The van der Waals surface area contributed by atoms with Crippen LogP contribution in [0.5, 0.6) is 11.5 Å². The Kier molecular flexibility index (Phi) is 6.64. The van der Waals surface area contributed by atoms with Crippen LogP contribution >= 0.6 is 11.8 Å². The van der Waals surface area contributed by atoms with Crippen LogP contribution in [-0.4, -0.2) is 39.3 Å². The number of hydrogen-bond donors (Lipinski definition) is 1. The van der Waals surface area contributed by atoms with Gasteiger partial charge in [0.2, 0.25) is 5.91 Å². The average molecular weight is 466 g/mol. The van der Waals surface area contributed by atoms with Crippen LogP contribution in [0.25, 0.3) is 5.65 Å². The molecule has 0 unspecified atom stereocenters. The minimum Gasteiger partial charge on any atom is -0.497 e. The number of aryl methyl sites for hydroxylation is 1. The lowest BCUT2D eigenvalue weighted by Gasteiger charge is -2.11. The van der Waals surface area contributed by atoms with Gasteiger partial charge in [-0.3, -0.25) is 4.79 Å². The number of hydrogen-bond acceptors (Lipinski definition) is 7. The summed E-state index contributed by atoms with van der Waals surface area (Å²) >= 11 is 1.44. The molecule has 0 spiro atoms. The van der Waals surface area contributed by atoms with Gasteiger partial charge in [-0.05, 0) is 30.2 Å². The highest BCUT2D eigenvalue weighted by Crippen LogP contribution is 2.31. The van der Waals surface area contributed by atoms with E-state index >= 15 is 0 Å². The molecule has 33 heavy (non-hydrogen) atoms. The molecule has 0 saturated carbocycles. The first kappa shape index (κ1) is 22.4. The number of aromatic nitrogens is 4. The number of nitrogens with zero attached hydrogens (tertiary/aromatic N) is 4. The van der Waals surface area contributed by atoms with E-state index in [2.05, 4.69) is 28.4 Å². The van der Waals surface area contributed by atoms with Gasteiger partial charge in [0.25, 0.3) is 0 Å². The fourth-order valence-corrected chi connectivity index (χ4v) is 4.38. The normalized spacial score (nSPS) is 10.9. The molecule has 10 heteroatoms. The molecule has 0 saturated heterocycles. The van der Waals surface area contributed by atoms with Crippen LogP contribution in [-0.2, 0) is 17.8 Å². The Bertz CT molecular complexity index is 1360. The minimum absolute atomic E-state index is 0.267. The Balaban J connectivity index is 1.61. The Hall–Kier alpha value is -3.79. The second kappa shape index (κ2) is 9.78. The van der Waals surface area contributed by atoms with Crippen molar-refractivity contribution in [2.75, 3.05) is 19.5 Å². The number of ether oxygens (including phenoxy) is 2. The van der Waals surface area contributed by atoms with E-state index in [4.69, 9.17) is 9.47 Å². The fourth-order valence-electron chi connectivity index (χ4n) is 3.34. The molecule has 0 fully saturated rings. The predicted molar refractivity (Wildman–Crippen MR) is 125 cm³/mol. The predicted octanol–water partition coefficient (Wildman–Crippen LogP) is 3.26. The topological polar surface area (TPSA) is 99.8 Å². The summed E-state index contributed by atoms with van der Waals surface area (Å²) < 4.78 is 13.0. The van der Waals surface area contributed by atoms with E-state index in [0.717, 1.165) is 16.0 Å². The molecule has 1 N–H and O–H groups in total. The number of fused-ring (bicyclic) bond motifs is 1. The first-order valence-corrected chi connectivity index (χ1v) is 11.1. The molecule has 0 bridgehead atoms. The number of anilines is 1. The smallest absolute Gasteiger partial charge is 0.350 e. The highest BCUT2D eigenvalue weighted by Gasteiger charge is 2.17. The lowest BCUT2D eigenvalue weighted by Crippen LogP contribution is -2.28. The van der Waals surface area contributed by atoms with Gasteiger partial charge in [0.05, 0.1) is 19.9 Å². The van der Waals surface area contributed by atoms with Crippen molar-refractivity contribution in [3.05, 3.63) is 70.9 Å². The molecule has 0 aliphatic heterocycles. The summed E-state index contributed by atoms with van der Waals surface area (Å²) in [5.74, 6) is 0.616. The monoisotopic (exact) mass is 465 g/mol. The van der Waals surface area contributed by atoms with E-state index in [1.165, 1.54) is 35.9 Å². The molecule has 0 aliphatic carbocycles. The van der Waals surface area contributed by atoms with E-state index in [1.807, 2.05) is 18.2 Å². The molecule has 4 rings (SSSR count). The quantitative estimate of drug-likeness (QED) is 0.426. The lowest BCUT2D eigenvalue weighted by molar-refractivity contribution is -0.117. The van der Waals surface area contributed by atoms with Crippen molar-refractivity contribution in [2.24, 2.45) is 0 Å². The van der Waals surface area contributed by atoms with Gasteiger partial charge in [-0.25, -0.2) is 18.9 Å². The number of amides is 1. The first-order chi connectivity index (χ1) is 16.0. The Morgan fingerprint density at radius 3 is 2.73 bits per heavy atom. The van der Waals surface area contributed by atoms with Gasteiger partial charge in [0.15, 0.2) is 5.65 Å². The number of methoxy groups -OCH3 is 2. The first-order valence-electron chi connectivity index (χ1n) is 10.3. The van der Waals surface area contributed by atoms with Crippen LogP contribution in [0.15, 0.2) is 69.6 Å². The number of nitrogens with one attached hydrogen (secondary N) is 1. The summed E-state index contributed by atoms with van der Waals surface area (Å²) in [6.45, 7) is 1.82. The fraction of sp³-hybridized carbons (Fsp3) is 0.217. The maximum absolute atomic E-state index is 12.9. The minimum atomic E-state index is -0.425. The molecule has 1 amide bonds. The van der Waals surface area contributed by atoms with Crippen molar-refractivity contribution >= 4 is 29.0 Å². The highest BCUT2D eigenvalue weighted by molar-refractivity contribution is 7.99. The van der Waals surface area contributed by atoms with Gasteiger partial charge >= 0.3 is 5.69 Å². The summed E-state index contributed by atoms with van der Waals surface area (Å²) in [4.78, 5) is 31.0. The molecule has 0 radical (unpaired) electrons. The number of carbonyl (C=O) groups excluding carboxylic acids is 1. The standard InChI is InChI=1S/C23H23N5O4S/c1-4-15-7-5-6-8-19(15)33-22-21-26-28(23(30)27(21)12-11-24-22)14-20(29)25-17-13-16(31-2)9-10-18(17)32-3/h5-13H,4,14H2,1-3H3,(H,25,29). The second-order valence-electron chi connectivity index (χ2n) is 7.04. The van der Waals surface area contributed by atoms with Crippen LogP contribution in [0.4, 0.5) is 5.69 Å². The van der Waals surface area contributed by atoms with E-state index in [9.17, 15) is 9.59 Å². The molecule has 2 aromatic heterocycles. The van der Waals surface area contributed by atoms with Gasteiger partial charge < -0.3 is 14.8 Å². The van der Waals surface area contributed by atoms with E-state index in [-0.39, 0.29) is 6.54 Å². The number of carbonyl (C=O) groups is 1. The third kappa shape index (κ3) is 4.70. The van der Waals surface area contributed by atoms with Gasteiger partial charge in [-0.15, -0.1) is 5.10 Å². The Morgan fingerprint density at radius 2 is 1.97 bits per heavy atom. The number of rotatable bonds is 8. The van der Waals surface area contributed by atoms with Crippen LogP contribution in [0, 0.1) is 0 Å². The molecule has 4 aromatic rings. The van der Waals surface area contributed by atoms with Crippen LogP contribution < -0.4 is 20.5 Å². The maximum Gasteiger partial charge on any atom is 0.350 e. The molecular formula is C23H23N5O4S. The molecule has 2 aromatic carbocycles. The SMILES string of the molecule is CCc1ccccc1Sc1nccn2c(=O)n(CC(=O)Nc3cc(OC)ccc3OC)nc12. The van der Waals surface area contributed by atoms with Gasteiger partial charge in [-0.1, -0.05) is 36.9 Å². The molecule has 0 aliphatic rings. The molecule has 9 nitrogen and oxygen atoms in total. The van der Waals surface area contributed by atoms with E-state index < -0.39 is 11.6 Å². The van der Waals surface area contributed by atoms with Crippen molar-refractivity contribution in [3.63, 3.8) is 0 Å². The maximum atomic E-state index is 12.9. The molecular weight excluding hydrogens is 442 g/mol. The van der Waals surface area contributed by atoms with Crippen LogP contribution in [0.2, 0.25) is 0 Å². The van der Waals surface area contributed by atoms with Gasteiger partial charge in [0.1, 0.15) is 23.1 Å². The molecule has 0 atom stereocenters. The zero-order valence-electron chi connectivity index (χ0n) is 18.4. The van der Waals surface area contributed by atoms with Crippen molar-refractivity contribution < 1.29 is 14.3 Å². The summed E-state index contributed by atoms with van der Waals surface area (Å²) in [6.07, 6.45) is 3.97. The summed E-state index contributed by atoms with van der Waals surface area (Å²) in [7, 11) is 3.04. The van der Waals surface area contributed by atoms with E-state index in [1.54, 1.807) is 30.6 Å². The summed E-state index contributed by atoms with van der Waals surface area (Å²) in [6, 6.07) is 13.1. The molecule has 2 heterocycles. The average Bonchev–Trinajstić information content (AvgIpc) is 3.15. The largest absolute Gasteiger partial charge is 0.497 e. The van der Waals surface area contributed by atoms with Gasteiger partial charge in [-0.2, -0.15) is 0 Å². The van der Waals surface area contributed by atoms with Gasteiger partial charge in [0, 0.05) is 23.4 Å². The van der Waals surface area contributed by atoms with Crippen molar-refractivity contribution in [1.29, 1.82) is 0 Å². The summed E-state index contributed by atoms with van der Waals surface area (Å²) in [5, 5.41) is 7.73. The number of benzene rings is 2.